The smallest absolute Gasteiger partial charge is 0.350 e. The van der Waals surface area contributed by atoms with Crippen LogP contribution in [0.2, 0.25) is 6.04 Å². The summed E-state index contributed by atoms with van der Waals surface area (Å²) in [5.41, 5.74) is 0. The molecular weight excluding hydrogens is 158 g/mol. The van der Waals surface area contributed by atoms with Crippen LogP contribution in [0.25, 0.3) is 0 Å². The second-order valence-electron chi connectivity index (χ2n) is 2.75. The molecular formula is C6H19N3OSi. The van der Waals surface area contributed by atoms with E-state index in [9.17, 15) is 4.80 Å². The quantitative estimate of drug-likeness (QED) is 0.405. The first-order valence-corrected chi connectivity index (χ1v) is 6.01. The van der Waals surface area contributed by atoms with Gasteiger partial charge in [-0.3, -0.25) is 0 Å². The van der Waals surface area contributed by atoms with Gasteiger partial charge in [-0.05, 0) is 28.1 Å². The van der Waals surface area contributed by atoms with Gasteiger partial charge in [0, 0.05) is 12.1 Å². The Kier molecular flexibility index (Phi) is 4.86. The molecule has 0 fully saturated rings. The zero-order valence-corrected chi connectivity index (χ0v) is 8.73. The van der Waals surface area contributed by atoms with Crippen LogP contribution in [0, 0.1) is 0 Å². The van der Waals surface area contributed by atoms with Crippen molar-refractivity contribution < 1.29 is 4.80 Å². The average molecular weight is 177 g/mol. The van der Waals surface area contributed by atoms with E-state index in [1.54, 1.807) is 14.1 Å². The van der Waals surface area contributed by atoms with Gasteiger partial charge < -0.3 is 20.1 Å². The van der Waals surface area contributed by atoms with E-state index in [0.717, 1.165) is 6.04 Å². The second kappa shape index (κ2) is 4.84. The third kappa shape index (κ3) is 3.83. The predicted octanol–water partition coefficient (Wildman–Crippen LogP) is -1.04. The summed E-state index contributed by atoms with van der Waals surface area (Å²) in [5.74, 6) is 0. The molecule has 5 heteroatoms. The van der Waals surface area contributed by atoms with Gasteiger partial charge in [0.1, 0.15) is 0 Å². The van der Waals surface area contributed by atoms with Gasteiger partial charge in [-0.25, -0.2) is 0 Å². The minimum atomic E-state index is -2.34. The largest absolute Gasteiger partial charge is 0.408 e. The lowest BCUT2D eigenvalue weighted by Gasteiger charge is -2.25. The highest BCUT2D eigenvalue weighted by molar-refractivity contribution is 6.67. The van der Waals surface area contributed by atoms with Crippen LogP contribution in [0.4, 0.5) is 0 Å². The fourth-order valence-corrected chi connectivity index (χ4v) is 2.62. The Bertz CT molecular complexity index is 108. The van der Waals surface area contributed by atoms with E-state index < -0.39 is 8.64 Å². The summed E-state index contributed by atoms with van der Waals surface area (Å²) in [7, 11) is 3.12. The summed E-state index contributed by atoms with van der Waals surface area (Å²) in [4.78, 5) is 15.7. The van der Waals surface area contributed by atoms with Crippen molar-refractivity contribution in [1.29, 1.82) is 0 Å². The Morgan fingerprint density at radius 2 is 1.73 bits per heavy atom. The minimum Gasteiger partial charge on any atom is -0.408 e. The standard InChI is InChI=1S/C6H19N3OSi/c1-6(7-2)5-11(10,8-3)9-4/h6-10H,5H2,1-4H3. The third-order valence-electron chi connectivity index (χ3n) is 1.92. The molecule has 0 bridgehead atoms. The first kappa shape index (κ1) is 11.1. The highest BCUT2D eigenvalue weighted by atomic mass is 28.4. The fourth-order valence-electron chi connectivity index (χ4n) is 0.874. The monoisotopic (exact) mass is 177 g/mol. The molecule has 0 saturated carbocycles. The zero-order valence-electron chi connectivity index (χ0n) is 7.73. The topological polar surface area (TPSA) is 56.3 Å². The van der Waals surface area contributed by atoms with Crippen LogP contribution in [0.1, 0.15) is 6.92 Å². The molecule has 11 heavy (non-hydrogen) atoms. The second-order valence-corrected chi connectivity index (χ2v) is 5.88. The Balaban J connectivity index is 3.86. The van der Waals surface area contributed by atoms with Crippen molar-refractivity contribution in [3.63, 3.8) is 0 Å². The van der Waals surface area contributed by atoms with E-state index in [1.165, 1.54) is 0 Å². The number of hydrogen-bond donors (Lipinski definition) is 4. The van der Waals surface area contributed by atoms with Gasteiger partial charge in [0.2, 0.25) is 0 Å². The molecule has 0 amide bonds. The number of hydrogen-bond acceptors (Lipinski definition) is 4. The van der Waals surface area contributed by atoms with Crippen molar-refractivity contribution in [2.45, 2.75) is 19.0 Å². The molecule has 0 rings (SSSR count). The van der Waals surface area contributed by atoms with Gasteiger partial charge in [0.05, 0.1) is 0 Å². The molecule has 68 valence electrons. The Morgan fingerprint density at radius 1 is 1.27 bits per heavy atom. The molecule has 0 aromatic rings. The lowest BCUT2D eigenvalue weighted by Crippen LogP contribution is -2.62. The maximum atomic E-state index is 9.81. The summed E-state index contributed by atoms with van der Waals surface area (Å²) in [6.07, 6.45) is 0. The van der Waals surface area contributed by atoms with Gasteiger partial charge in [-0.2, -0.15) is 0 Å². The molecule has 0 heterocycles. The summed E-state index contributed by atoms with van der Waals surface area (Å²) < 4.78 is 0. The van der Waals surface area contributed by atoms with Crippen molar-refractivity contribution in [3.8, 4) is 0 Å². The predicted molar refractivity (Wildman–Crippen MR) is 49.4 cm³/mol. The average Bonchev–Trinajstić information content (AvgIpc) is 2.04. The summed E-state index contributed by atoms with van der Waals surface area (Å²) in [6, 6.07) is 1.10. The first-order valence-electron chi connectivity index (χ1n) is 3.85. The molecule has 1 unspecified atom stereocenters. The summed E-state index contributed by atoms with van der Waals surface area (Å²) in [6.45, 7) is 2.05. The SMILES string of the molecule is CNC(C)C[Si](O)(NC)NC. The number of nitrogens with one attached hydrogen (secondary N) is 3. The van der Waals surface area contributed by atoms with Crippen LogP contribution in [-0.4, -0.2) is 40.6 Å². The molecule has 0 saturated heterocycles. The van der Waals surface area contributed by atoms with E-state index in [2.05, 4.69) is 15.3 Å². The maximum Gasteiger partial charge on any atom is 0.350 e. The first-order chi connectivity index (χ1) is 5.08. The van der Waals surface area contributed by atoms with Crippen molar-refractivity contribution in [2.75, 3.05) is 21.1 Å². The highest BCUT2D eigenvalue weighted by Gasteiger charge is 2.29. The van der Waals surface area contributed by atoms with Crippen molar-refractivity contribution in [1.82, 2.24) is 15.3 Å². The molecule has 4 N–H and O–H groups in total. The molecule has 0 aromatic carbocycles. The van der Waals surface area contributed by atoms with Gasteiger partial charge in [-0.1, -0.05) is 0 Å². The van der Waals surface area contributed by atoms with Crippen LogP contribution in [-0.2, 0) is 0 Å². The van der Waals surface area contributed by atoms with E-state index in [-0.39, 0.29) is 0 Å². The molecule has 4 nitrogen and oxygen atoms in total. The van der Waals surface area contributed by atoms with Gasteiger partial charge in [-0.15, -0.1) is 0 Å². The minimum absolute atomic E-state index is 0.339. The number of rotatable bonds is 5. The lowest BCUT2D eigenvalue weighted by atomic mass is 10.4. The van der Waals surface area contributed by atoms with Crippen LogP contribution in [0.5, 0.6) is 0 Å². The lowest BCUT2D eigenvalue weighted by molar-refractivity contribution is 0.475. The zero-order chi connectivity index (χ0) is 8.91. The molecule has 0 aliphatic rings. The van der Waals surface area contributed by atoms with E-state index in [4.69, 9.17) is 0 Å². The fraction of sp³-hybridized carbons (Fsp3) is 1.00. The molecule has 1 atom stereocenters. The van der Waals surface area contributed by atoms with Crippen LogP contribution >= 0.6 is 0 Å². The van der Waals surface area contributed by atoms with E-state index >= 15 is 0 Å². The van der Waals surface area contributed by atoms with Crippen molar-refractivity contribution in [3.05, 3.63) is 0 Å². The third-order valence-corrected chi connectivity index (χ3v) is 4.78. The molecule has 0 spiro atoms. The molecule has 0 aromatic heterocycles. The van der Waals surface area contributed by atoms with E-state index in [1.807, 2.05) is 14.0 Å². The normalized spacial score (nSPS) is 15.0. The molecule has 0 radical (unpaired) electrons. The Labute approximate surface area is 69.7 Å². The maximum absolute atomic E-state index is 9.81. The van der Waals surface area contributed by atoms with Gasteiger partial charge in [0.25, 0.3) is 0 Å². The molecule has 0 aliphatic carbocycles. The highest BCUT2D eigenvalue weighted by Crippen LogP contribution is 2.00. The van der Waals surface area contributed by atoms with Crippen molar-refractivity contribution >= 4 is 8.64 Å². The van der Waals surface area contributed by atoms with Crippen molar-refractivity contribution in [2.24, 2.45) is 0 Å². The van der Waals surface area contributed by atoms with Gasteiger partial charge in [0.15, 0.2) is 0 Å². The van der Waals surface area contributed by atoms with E-state index in [0.29, 0.717) is 6.04 Å². The van der Waals surface area contributed by atoms with Crippen LogP contribution in [0.15, 0.2) is 0 Å². The van der Waals surface area contributed by atoms with Crippen LogP contribution in [0.3, 0.4) is 0 Å². The van der Waals surface area contributed by atoms with Gasteiger partial charge >= 0.3 is 8.64 Å². The molecule has 0 aliphatic heterocycles. The van der Waals surface area contributed by atoms with Crippen LogP contribution < -0.4 is 15.3 Å². The Hall–Kier alpha value is 0.0569. The summed E-state index contributed by atoms with van der Waals surface area (Å²) in [5, 5.41) is 3.08. The summed E-state index contributed by atoms with van der Waals surface area (Å²) >= 11 is 0. The Morgan fingerprint density at radius 3 is 2.00 bits per heavy atom.